The van der Waals surface area contributed by atoms with Crippen molar-refractivity contribution < 1.29 is 9.53 Å². The zero-order valence-corrected chi connectivity index (χ0v) is 9.69. The molecule has 16 heavy (non-hydrogen) atoms. The molecule has 1 fully saturated rings. The zero-order valence-electron chi connectivity index (χ0n) is 9.69. The average molecular weight is 219 g/mol. The molecule has 0 heterocycles. The highest BCUT2D eigenvalue weighted by molar-refractivity contribution is 5.95. The topological polar surface area (TPSA) is 38.3 Å². The van der Waals surface area contributed by atoms with Gasteiger partial charge in [0.15, 0.2) is 0 Å². The molecule has 1 aromatic rings. The van der Waals surface area contributed by atoms with Crippen molar-refractivity contribution in [3.63, 3.8) is 0 Å². The van der Waals surface area contributed by atoms with Crippen molar-refractivity contribution in [2.45, 2.75) is 32.8 Å². The fourth-order valence-electron chi connectivity index (χ4n) is 1.51. The van der Waals surface area contributed by atoms with Crippen LogP contribution >= 0.6 is 0 Å². The molecule has 3 heteroatoms. The first-order valence-corrected chi connectivity index (χ1v) is 5.73. The molecule has 0 atom stereocenters. The quantitative estimate of drug-likeness (QED) is 0.845. The highest BCUT2D eigenvalue weighted by atomic mass is 16.5. The summed E-state index contributed by atoms with van der Waals surface area (Å²) < 4.78 is 5.63. The van der Waals surface area contributed by atoms with Gasteiger partial charge in [0.1, 0.15) is 5.75 Å². The number of carbonyl (C=O) groups excluding carboxylic acids is 1. The Bertz CT molecular complexity index is 383. The lowest BCUT2D eigenvalue weighted by Gasteiger charge is -2.14. The fraction of sp³-hybridized carbons (Fsp3) is 0.462. The smallest absolute Gasteiger partial charge is 0.227 e. The van der Waals surface area contributed by atoms with Crippen LogP contribution in [0.2, 0.25) is 0 Å². The molecular weight excluding hydrogens is 202 g/mol. The number of anilines is 1. The van der Waals surface area contributed by atoms with Gasteiger partial charge in [-0.25, -0.2) is 0 Å². The van der Waals surface area contributed by atoms with E-state index in [1.54, 1.807) is 0 Å². The first-order chi connectivity index (χ1) is 7.66. The molecule has 2 rings (SSSR count). The number of carbonyl (C=O) groups is 1. The lowest BCUT2D eigenvalue weighted by molar-refractivity contribution is -0.117. The minimum absolute atomic E-state index is 0.110. The van der Waals surface area contributed by atoms with E-state index in [-0.39, 0.29) is 17.9 Å². The summed E-state index contributed by atoms with van der Waals surface area (Å²) in [6, 6.07) is 7.56. The van der Waals surface area contributed by atoms with E-state index in [1.807, 2.05) is 38.1 Å². The molecular formula is C13H17NO2. The van der Waals surface area contributed by atoms with Crippen LogP contribution in [0.1, 0.15) is 26.7 Å². The van der Waals surface area contributed by atoms with Gasteiger partial charge < -0.3 is 10.1 Å². The number of para-hydroxylation sites is 2. The molecule has 1 aliphatic rings. The molecule has 0 aliphatic heterocycles. The van der Waals surface area contributed by atoms with Crippen LogP contribution < -0.4 is 10.1 Å². The molecule has 1 amide bonds. The summed E-state index contributed by atoms with van der Waals surface area (Å²) in [4.78, 5) is 11.6. The van der Waals surface area contributed by atoms with E-state index < -0.39 is 0 Å². The van der Waals surface area contributed by atoms with Crippen LogP contribution in [-0.2, 0) is 4.79 Å². The average Bonchev–Trinajstić information content (AvgIpc) is 3.03. The van der Waals surface area contributed by atoms with Crippen molar-refractivity contribution in [3.8, 4) is 5.75 Å². The standard InChI is InChI=1S/C13H17NO2/c1-9(2)16-12-6-4-3-5-11(12)14-13(15)10-7-8-10/h3-6,9-10H,7-8H2,1-2H3,(H,14,15). The fourth-order valence-corrected chi connectivity index (χ4v) is 1.51. The third-order valence-electron chi connectivity index (χ3n) is 2.46. The lowest BCUT2D eigenvalue weighted by atomic mass is 10.2. The van der Waals surface area contributed by atoms with Crippen LogP contribution in [0.15, 0.2) is 24.3 Å². The summed E-state index contributed by atoms with van der Waals surface area (Å²) >= 11 is 0. The zero-order chi connectivity index (χ0) is 11.5. The Kier molecular flexibility index (Phi) is 3.13. The molecule has 1 aromatic carbocycles. The second kappa shape index (κ2) is 4.56. The normalized spacial score (nSPS) is 14.9. The second-order valence-electron chi connectivity index (χ2n) is 4.43. The summed E-state index contributed by atoms with van der Waals surface area (Å²) in [6.07, 6.45) is 2.14. The molecule has 0 aromatic heterocycles. The van der Waals surface area contributed by atoms with E-state index in [2.05, 4.69) is 5.32 Å². The Balaban J connectivity index is 2.08. The number of benzene rings is 1. The van der Waals surface area contributed by atoms with Gasteiger partial charge in [-0.3, -0.25) is 4.79 Å². The Labute approximate surface area is 95.8 Å². The minimum atomic E-state index is 0.110. The third kappa shape index (κ3) is 2.75. The van der Waals surface area contributed by atoms with E-state index in [0.717, 1.165) is 24.3 Å². The number of hydrogen-bond acceptors (Lipinski definition) is 2. The number of ether oxygens (including phenoxy) is 1. The number of hydrogen-bond donors (Lipinski definition) is 1. The Hall–Kier alpha value is -1.51. The third-order valence-corrected chi connectivity index (χ3v) is 2.46. The van der Waals surface area contributed by atoms with Crippen LogP contribution in [0.4, 0.5) is 5.69 Å². The van der Waals surface area contributed by atoms with E-state index >= 15 is 0 Å². The van der Waals surface area contributed by atoms with Crippen molar-refractivity contribution in [1.29, 1.82) is 0 Å². The SMILES string of the molecule is CC(C)Oc1ccccc1NC(=O)C1CC1. The van der Waals surface area contributed by atoms with E-state index in [1.165, 1.54) is 0 Å². The van der Waals surface area contributed by atoms with Gasteiger partial charge >= 0.3 is 0 Å². The van der Waals surface area contributed by atoms with Gasteiger partial charge in [0, 0.05) is 5.92 Å². The monoisotopic (exact) mass is 219 g/mol. The minimum Gasteiger partial charge on any atom is -0.489 e. The molecule has 1 aliphatic carbocycles. The van der Waals surface area contributed by atoms with Crippen LogP contribution in [0.5, 0.6) is 5.75 Å². The maximum absolute atomic E-state index is 11.6. The Morgan fingerprint density at radius 2 is 2.06 bits per heavy atom. The van der Waals surface area contributed by atoms with E-state index in [9.17, 15) is 4.79 Å². The van der Waals surface area contributed by atoms with Crippen LogP contribution in [0.3, 0.4) is 0 Å². The second-order valence-corrected chi connectivity index (χ2v) is 4.43. The summed E-state index contributed by atoms with van der Waals surface area (Å²) in [5.41, 5.74) is 0.771. The molecule has 0 bridgehead atoms. The van der Waals surface area contributed by atoms with Crippen molar-refractivity contribution in [3.05, 3.63) is 24.3 Å². The Morgan fingerprint density at radius 3 is 2.69 bits per heavy atom. The highest BCUT2D eigenvalue weighted by Gasteiger charge is 2.30. The van der Waals surface area contributed by atoms with Gasteiger partial charge in [-0.2, -0.15) is 0 Å². The molecule has 0 unspecified atom stereocenters. The van der Waals surface area contributed by atoms with Crippen molar-refractivity contribution in [2.24, 2.45) is 5.92 Å². The van der Waals surface area contributed by atoms with Gasteiger partial charge in [-0.05, 0) is 38.8 Å². The van der Waals surface area contributed by atoms with Crippen molar-refractivity contribution in [1.82, 2.24) is 0 Å². The summed E-state index contributed by atoms with van der Waals surface area (Å²) in [6.45, 7) is 3.94. The molecule has 3 nitrogen and oxygen atoms in total. The molecule has 0 saturated heterocycles. The summed E-state index contributed by atoms with van der Waals surface area (Å²) in [7, 11) is 0. The summed E-state index contributed by atoms with van der Waals surface area (Å²) in [5, 5.41) is 2.91. The first kappa shape index (κ1) is 11.0. The number of rotatable bonds is 4. The van der Waals surface area contributed by atoms with E-state index in [4.69, 9.17) is 4.74 Å². The Morgan fingerprint density at radius 1 is 1.38 bits per heavy atom. The van der Waals surface area contributed by atoms with Gasteiger partial charge in [-0.15, -0.1) is 0 Å². The van der Waals surface area contributed by atoms with Gasteiger partial charge in [0.05, 0.1) is 11.8 Å². The van der Waals surface area contributed by atoms with Crippen molar-refractivity contribution >= 4 is 11.6 Å². The highest BCUT2D eigenvalue weighted by Crippen LogP contribution is 2.32. The molecule has 86 valence electrons. The largest absolute Gasteiger partial charge is 0.489 e. The van der Waals surface area contributed by atoms with E-state index in [0.29, 0.717) is 0 Å². The van der Waals surface area contributed by atoms with Crippen LogP contribution in [0.25, 0.3) is 0 Å². The predicted molar refractivity (Wildman–Crippen MR) is 63.6 cm³/mol. The maximum atomic E-state index is 11.6. The van der Waals surface area contributed by atoms with Gasteiger partial charge in [0.25, 0.3) is 0 Å². The van der Waals surface area contributed by atoms with Gasteiger partial charge in [-0.1, -0.05) is 12.1 Å². The maximum Gasteiger partial charge on any atom is 0.227 e. The van der Waals surface area contributed by atoms with Crippen molar-refractivity contribution in [2.75, 3.05) is 5.32 Å². The molecule has 0 spiro atoms. The van der Waals surface area contributed by atoms with Gasteiger partial charge in [0.2, 0.25) is 5.91 Å². The molecule has 1 saturated carbocycles. The lowest BCUT2D eigenvalue weighted by Crippen LogP contribution is -2.15. The first-order valence-electron chi connectivity index (χ1n) is 5.73. The molecule has 0 radical (unpaired) electrons. The summed E-state index contributed by atoms with van der Waals surface area (Å²) in [5.74, 6) is 1.07. The number of nitrogens with one attached hydrogen (secondary N) is 1. The van der Waals surface area contributed by atoms with Crippen LogP contribution in [0, 0.1) is 5.92 Å². The molecule has 1 N–H and O–H groups in total. The predicted octanol–water partition coefficient (Wildman–Crippen LogP) is 2.82. The number of amides is 1. The van der Waals surface area contributed by atoms with Crippen LogP contribution in [-0.4, -0.2) is 12.0 Å².